The highest BCUT2D eigenvalue weighted by Gasteiger charge is 2.43. The van der Waals surface area contributed by atoms with Gasteiger partial charge in [-0.25, -0.2) is 0 Å². The summed E-state index contributed by atoms with van der Waals surface area (Å²) in [7, 11) is 2.02. The first-order valence-corrected chi connectivity index (χ1v) is 8.12. The summed E-state index contributed by atoms with van der Waals surface area (Å²) in [5, 5.41) is 0. The molecule has 2 aliphatic rings. The highest BCUT2D eigenvalue weighted by atomic mass is 16.2. The largest absolute Gasteiger partial charge is 0.342 e. The molecular formula is C16H30N2O. The van der Waals surface area contributed by atoms with Crippen LogP contribution in [-0.4, -0.2) is 30.4 Å². The van der Waals surface area contributed by atoms with Gasteiger partial charge in [0.05, 0.1) is 0 Å². The van der Waals surface area contributed by atoms with E-state index in [4.69, 9.17) is 5.73 Å². The second-order valence-corrected chi connectivity index (χ2v) is 6.60. The van der Waals surface area contributed by atoms with Crippen molar-refractivity contribution in [1.82, 2.24) is 4.90 Å². The molecule has 0 aromatic heterocycles. The monoisotopic (exact) mass is 266 g/mol. The number of hydrogen-bond donors (Lipinski definition) is 1. The third kappa shape index (κ3) is 2.81. The van der Waals surface area contributed by atoms with Crippen molar-refractivity contribution >= 4 is 5.91 Å². The van der Waals surface area contributed by atoms with E-state index in [9.17, 15) is 4.79 Å². The Hall–Kier alpha value is -0.570. The van der Waals surface area contributed by atoms with Crippen molar-refractivity contribution in [3.8, 4) is 0 Å². The number of rotatable bonds is 4. The van der Waals surface area contributed by atoms with Gasteiger partial charge < -0.3 is 10.6 Å². The standard InChI is InChI=1S/C16H30N2O/c1-3-16(10-6-7-11-16)15(19)18(2)14-9-5-4-8-13(14)12-17/h13-14H,3-12,17H2,1-2H3. The quantitative estimate of drug-likeness (QED) is 0.850. The number of amides is 1. The van der Waals surface area contributed by atoms with E-state index < -0.39 is 0 Å². The van der Waals surface area contributed by atoms with Crippen LogP contribution >= 0.6 is 0 Å². The summed E-state index contributed by atoms with van der Waals surface area (Å²) < 4.78 is 0. The molecule has 0 heterocycles. The first-order valence-electron chi connectivity index (χ1n) is 8.12. The van der Waals surface area contributed by atoms with Gasteiger partial charge in [-0.3, -0.25) is 4.79 Å². The molecule has 0 aliphatic heterocycles. The molecule has 2 rings (SSSR count). The summed E-state index contributed by atoms with van der Waals surface area (Å²) in [5.74, 6) is 0.913. The molecule has 0 aromatic rings. The van der Waals surface area contributed by atoms with Crippen molar-refractivity contribution in [2.45, 2.75) is 70.8 Å². The van der Waals surface area contributed by atoms with Crippen molar-refractivity contribution in [2.24, 2.45) is 17.1 Å². The normalized spacial score (nSPS) is 30.3. The molecular weight excluding hydrogens is 236 g/mol. The van der Waals surface area contributed by atoms with E-state index in [1.54, 1.807) is 0 Å². The number of hydrogen-bond acceptors (Lipinski definition) is 2. The Morgan fingerprint density at radius 3 is 2.42 bits per heavy atom. The number of nitrogens with zero attached hydrogens (tertiary/aromatic N) is 1. The Kier molecular flexibility index (Phi) is 4.88. The zero-order valence-corrected chi connectivity index (χ0v) is 12.7. The smallest absolute Gasteiger partial charge is 0.228 e. The lowest BCUT2D eigenvalue weighted by atomic mass is 9.79. The molecule has 1 amide bonds. The van der Waals surface area contributed by atoms with Crippen LogP contribution in [0.5, 0.6) is 0 Å². The van der Waals surface area contributed by atoms with Crippen LogP contribution in [0.4, 0.5) is 0 Å². The molecule has 0 bridgehead atoms. The van der Waals surface area contributed by atoms with Crippen LogP contribution in [0.15, 0.2) is 0 Å². The van der Waals surface area contributed by atoms with Crippen LogP contribution in [-0.2, 0) is 4.79 Å². The molecule has 0 aromatic carbocycles. The molecule has 0 spiro atoms. The van der Waals surface area contributed by atoms with E-state index in [-0.39, 0.29) is 5.41 Å². The fourth-order valence-corrected chi connectivity index (χ4v) is 4.27. The minimum absolute atomic E-state index is 0.0503. The van der Waals surface area contributed by atoms with Crippen molar-refractivity contribution in [1.29, 1.82) is 0 Å². The molecule has 19 heavy (non-hydrogen) atoms. The van der Waals surface area contributed by atoms with Crippen molar-refractivity contribution in [3.63, 3.8) is 0 Å². The maximum Gasteiger partial charge on any atom is 0.228 e. The molecule has 0 saturated heterocycles. The van der Waals surface area contributed by atoms with Gasteiger partial charge >= 0.3 is 0 Å². The molecule has 2 fully saturated rings. The highest BCUT2D eigenvalue weighted by molar-refractivity contribution is 5.83. The number of carbonyl (C=O) groups is 1. The topological polar surface area (TPSA) is 46.3 Å². The van der Waals surface area contributed by atoms with Gasteiger partial charge in [-0.05, 0) is 44.6 Å². The fraction of sp³-hybridized carbons (Fsp3) is 0.938. The van der Waals surface area contributed by atoms with E-state index in [0.29, 0.717) is 17.9 Å². The Bertz CT molecular complexity index is 310. The SMILES string of the molecule is CCC1(C(=O)N(C)C2CCCCC2CN)CCCC1. The number of nitrogens with two attached hydrogens (primary N) is 1. The molecule has 0 radical (unpaired) electrons. The van der Waals surface area contributed by atoms with Crippen LogP contribution in [0.2, 0.25) is 0 Å². The Balaban J connectivity index is 2.08. The van der Waals surface area contributed by atoms with Gasteiger partial charge in [-0.1, -0.05) is 32.6 Å². The van der Waals surface area contributed by atoms with Crippen LogP contribution in [0.25, 0.3) is 0 Å². The Morgan fingerprint density at radius 1 is 1.21 bits per heavy atom. The van der Waals surface area contributed by atoms with Gasteiger partial charge in [0.2, 0.25) is 5.91 Å². The molecule has 2 saturated carbocycles. The van der Waals surface area contributed by atoms with Gasteiger partial charge in [0, 0.05) is 18.5 Å². The molecule has 2 aliphatic carbocycles. The summed E-state index contributed by atoms with van der Waals surface area (Å²) in [4.78, 5) is 15.0. The summed E-state index contributed by atoms with van der Waals surface area (Å²) in [6.45, 7) is 2.90. The molecule has 3 heteroatoms. The van der Waals surface area contributed by atoms with Gasteiger partial charge in [0.1, 0.15) is 0 Å². The van der Waals surface area contributed by atoms with Crippen LogP contribution in [0.1, 0.15) is 64.7 Å². The van der Waals surface area contributed by atoms with Crippen molar-refractivity contribution in [3.05, 3.63) is 0 Å². The third-order valence-electron chi connectivity index (χ3n) is 5.68. The molecule has 110 valence electrons. The maximum atomic E-state index is 12.9. The third-order valence-corrected chi connectivity index (χ3v) is 5.68. The predicted octanol–water partition coefficient (Wildman–Crippen LogP) is 2.93. The van der Waals surface area contributed by atoms with Crippen molar-refractivity contribution in [2.75, 3.05) is 13.6 Å². The molecule has 2 atom stereocenters. The molecule has 2 N–H and O–H groups in total. The summed E-state index contributed by atoms with van der Waals surface area (Å²) in [6, 6.07) is 0.385. The Labute approximate surface area is 117 Å². The fourth-order valence-electron chi connectivity index (χ4n) is 4.27. The predicted molar refractivity (Wildman–Crippen MR) is 78.8 cm³/mol. The van der Waals surface area contributed by atoms with E-state index in [2.05, 4.69) is 11.8 Å². The number of carbonyl (C=O) groups excluding carboxylic acids is 1. The lowest BCUT2D eigenvalue weighted by Gasteiger charge is -2.41. The van der Waals surface area contributed by atoms with Crippen LogP contribution in [0.3, 0.4) is 0 Å². The van der Waals surface area contributed by atoms with E-state index in [1.807, 2.05) is 7.05 Å². The van der Waals surface area contributed by atoms with Gasteiger partial charge in [-0.15, -0.1) is 0 Å². The average molecular weight is 266 g/mol. The van der Waals surface area contributed by atoms with Crippen LogP contribution < -0.4 is 5.73 Å². The van der Waals surface area contributed by atoms with Gasteiger partial charge in [0.25, 0.3) is 0 Å². The second-order valence-electron chi connectivity index (χ2n) is 6.60. The minimum atomic E-state index is -0.0503. The lowest BCUT2D eigenvalue weighted by molar-refractivity contribution is -0.144. The minimum Gasteiger partial charge on any atom is -0.342 e. The Morgan fingerprint density at radius 2 is 1.84 bits per heavy atom. The van der Waals surface area contributed by atoms with Crippen LogP contribution in [0, 0.1) is 11.3 Å². The summed E-state index contributed by atoms with van der Waals surface area (Å²) in [6.07, 6.45) is 10.5. The first kappa shape index (κ1) is 14.8. The molecule has 2 unspecified atom stereocenters. The highest BCUT2D eigenvalue weighted by Crippen LogP contribution is 2.43. The second kappa shape index (κ2) is 6.25. The average Bonchev–Trinajstić information content (AvgIpc) is 2.95. The van der Waals surface area contributed by atoms with E-state index >= 15 is 0 Å². The van der Waals surface area contributed by atoms with Gasteiger partial charge in [-0.2, -0.15) is 0 Å². The zero-order valence-electron chi connectivity index (χ0n) is 12.7. The first-order chi connectivity index (χ1) is 9.14. The van der Waals surface area contributed by atoms with E-state index in [1.165, 1.54) is 32.1 Å². The zero-order chi connectivity index (χ0) is 13.9. The maximum absolute atomic E-state index is 12.9. The van der Waals surface area contributed by atoms with E-state index in [0.717, 1.165) is 32.2 Å². The lowest BCUT2D eigenvalue weighted by Crippen LogP contribution is -2.50. The van der Waals surface area contributed by atoms with Crippen molar-refractivity contribution < 1.29 is 4.79 Å². The molecule has 3 nitrogen and oxygen atoms in total. The summed E-state index contributed by atoms with van der Waals surface area (Å²) in [5.41, 5.74) is 5.86. The van der Waals surface area contributed by atoms with Gasteiger partial charge in [0.15, 0.2) is 0 Å². The summed E-state index contributed by atoms with van der Waals surface area (Å²) >= 11 is 0.